The van der Waals surface area contributed by atoms with Gasteiger partial charge in [-0.3, -0.25) is 0 Å². The third kappa shape index (κ3) is 2.48. The summed E-state index contributed by atoms with van der Waals surface area (Å²) in [7, 11) is 1.57. The molecule has 18 heavy (non-hydrogen) atoms. The summed E-state index contributed by atoms with van der Waals surface area (Å²) >= 11 is 0. The first kappa shape index (κ1) is 12.5. The van der Waals surface area contributed by atoms with Crippen molar-refractivity contribution >= 4 is 0 Å². The van der Waals surface area contributed by atoms with Crippen LogP contribution in [0.2, 0.25) is 0 Å². The molecule has 2 heterocycles. The molecule has 0 saturated heterocycles. The zero-order chi connectivity index (χ0) is 13.1. The molecule has 0 spiro atoms. The van der Waals surface area contributed by atoms with Gasteiger partial charge >= 0.3 is 0 Å². The fraction of sp³-hybridized carbons (Fsp3) is 0.417. The number of pyridine rings is 1. The summed E-state index contributed by atoms with van der Waals surface area (Å²) in [6.45, 7) is 3.97. The van der Waals surface area contributed by atoms with Gasteiger partial charge in [-0.1, -0.05) is 25.1 Å². The molecule has 6 heteroatoms. The van der Waals surface area contributed by atoms with Crippen molar-refractivity contribution in [3.8, 4) is 5.88 Å². The second-order valence-corrected chi connectivity index (χ2v) is 4.26. The number of rotatable bonds is 4. The summed E-state index contributed by atoms with van der Waals surface area (Å²) in [6.07, 6.45) is 1.65. The van der Waals surface area contributed by atoms with Gasteiger partial charge in [0.25, 0.3) is 0 Å². The summed E-state index contributed by atoms with van der Waals surface area (Å²) in [6, 6.07) is 3.14. The van der Waals surface area contributed by atoms with E-state index >= 15 is 0 Å². The summed E-state index contributed by atoms with van der Waals surface area (Å²) in [5.41, 5.74) is 6.87. The van der Waals surface area contributed by atoms with Gasteiger partial charge in [0, 0.05) is 18.2 Å². The van der Waals surface area contributed by atoms with Gasteiger partial charge in [0.05, 0.1) is 13.2 Å². The number of hydrogen-bond donors (Lipinski definition) is 1. The minimum Gasteiger partial charge on any atom is -0.481 e. The van der Waals surface area contributed by atoms with E-state index in [1.54, 1.807) is 19.4 Å². The molecule has 0 bridgehead atoms. The number of nitrogens with two attached hydrogens (primary N) is 1. The quantitative estimate of drug-likeness (QED) is 0.885. The molecular formula is C12H16N4O2. The highest BCUT2D eigenvalue weighted by Crippen LogP contribution is 2.20. The van der Waals surface area contributed by atoms with Crippen molar-refractivity contribution in [2.45, 2.75) is 25.8 Å². The molecular weight excluding hydrogens is 232 g/mol. The molecule has 0 aromatic carbocycles. The Balaban J connectivity index is 2.20. The first-order valence-electron chi connectivity index (χ1n) is 5.71. The van der Waals surface area contributed by atoms with E-state index in [1.807, 2.05) is 19.9 Å². The Hall–Kier alpha value is -1.95. The lowest BCUT2D eigenvalue weighted by Crippen LogP contribution is -2.14. The molecule has 0 aliphatic heterocycles. The Labute approximate surface area is 105 Å². The average Bonchev–Trinajstić information content (AvgIpc) is 2.88. The topological polar surface area (TPSA) is 87.1 Å². The summed E-state index contributed by atoms with van der Waals surface area (Å²) in [5, 5.41) is 3.89. The van der Waals surface area contributed by atoms with Gasteiger partial charge in [0.2, 0.25) is 11.8 Å². The van der Waals surface area contributed by atoms with Gasteiger partial charge in [0.1, 0.15) is 0 Å². The van der Waals surface area contributed by atoms with Gasteiger partial charge < -0.3 is 15.0 Å². The summed E-state index contributed by atoms with van der Waals surface area (Å²) < 4.78 is 10.1. The van der Waals surface area contributed by atoms with Crippen LogP contribution in [-0.2, 0) is 0 Å². The Bertz CT molecular complexity index is 507. The summed E-state index contributed by atoms with van der Waals surface area (Å²) in [5.74, 6) is 1.78. The van der Waals surface area contributed by atoms with Crippen molar-refractivity contribution in [1.82, 2.24) is 15.1 Å². The lowest BCUT2D eigenvalue weighted by molar-refractivity contribution is 0.359. The van der Waals surface area contributed by atoms with Gasteiger partial charge in [-0.25, -0.2) is 4.98 Å². The van der Waals surface area contributed by atoms with Crippen molar-refractivity contribution in [3.63, 3.8) is 0 Å². The molecule has 2 aromatic rings. The van der Waals surface area contributed by atoms with Crippen LogP contribution in [0.4, 0.5) is 0 Å². The van der Waals surface area contributed by atoms with Crippen LogP contribution in [0.25, 0.3) is 0 Å². The van der Waals surface area contributed by atoms with Gasteiger partial charge in [-0.05, 0) is 5.56 Å². The third-order valence-electron chi connectivity index (χ3n) is 2.56. The van der Waals surface area contributed by atoms with Crippen LogP contribution in [0.15, 0.2) is 22.9 Å². The maximum Gasteiger partial charge on any atom is 0.229 e. The average molecular weight is 248 g/mol. The van der Waals surface area contributed by atoms with E-state index in [0.29, 0.717) is 17.6 Å². The number of nitrogens with zero attached hydrogens (tertiary/aromatic N) is 3. The van der Waals surface area contributed by atoms with Crippen molar-refractivity contribution < 1.29 is 9.26 Å². The highest BCUT2D eigenvalue weighted by atomic mass is 16.5. The van der Waals surface area contributed by atoms with Gasteiger partial charge in [0.15, 0.2) is 5.82 Å². The first-order chi connectivity index (χ1) is 8.61. The van der Waals surface area contributed by atoms with Crippen LogP contribution in [0.1, 0.15) is 43.1 Å². The second-order valence-electron chi connectivity index (χ2n) is 4.26. The molecule has 2 rings (SSSR count). The van der Waals surface area contributed by atoms with E-state index < -0.39 is 6.04 Å². The van der Waals surface area contributed by atoms with Crippen LogP contribution in [0, 0.1) is 0 Å². The fourth-order valence-corrected chi connectivity index (χ4v) is 1.45. The minimum atomic E-state index is -0.445. The molecule has 6 nitrogen and oxygen atoms in total. The maximum atomic E-state index is 6.06. The molecule has 2 N–H and O–H groups in total. The van der Waals surface area contributed by atoms with E-state index in [9.17, 15) is 0 Å². The molecule has 0 radical (unpaired) electrons. The molecule has 0 amide bonds. The molecule has 2 aromatic heterocycles. The summed E-state index contributed by atoms with van der Waals surface area (Å²) in [4.78, 5) is 8.36. The second kappa shape index (κ2) is 5.14. The van der Waals surface area contributed by atoms with Gasteiger partial charge in [-0.2, -0.15) is 4.98 Å². The van der Waals surface area contributed by atoms with Crippen LogP contribution in [0.5, 0.6) is 5.88 Å². The van der Waals surface area contributed by atoms with Crippen molar-refractivity contribution in [1.29, 1.82) is 0 Å². The van der Waals surface area contributed by atoms with Crippen LogP contribution >= 0.6 is 0 Å². The van der Waals surface area contributed by atoms with Crippen LogP contribution in [0.3, 0.4) is 0 Å². The normalized spacial score (nSPS) is 12.7. The van der Waals surface area contributed by atoms with Crippen LogP contribution in [-0.4, -0.2) is 22.2 Å². The zero-order valence-electron chi connectivity index (χ0n) is 10.6. The predicted octanol–water partition coefficient (Wildman–Crippen LogP) is 1.64. The SMILES string of the molecule is COc1ccc(C(N)c2noc(C(C)C)n2)cn1. The Kier molecular flexibility index (Phi) is 3.57. The molecule has 0 saturated carbocycles. The van der Waals surface area contributed by atoms with E-state index in [0.717, 1.165) is 5.56 Å². The van der Waals surface area contributed by atoms with Crippen molar-refractivity contribution in [3.05, 3.63) is 35.6 Å². The monoisotopic (exact) mass is 248 g/mol. The minimum absolute atomic E-state index is 0.187. The number of aromatic nitrogens is 3. The third-order valence-corrected chi connectivity index (χ3v) is 2.56. The molecule has 96 valence electrons. The molecule has 1 unspecified atom stereocenters. The highest BCUT2D eigenvalue weighted by molar-refractivity contribution is 5.24. The smallest absolute Gasteiger partial charge is 0.229 e. The van der Waals surface area contributed by atoms with E-state index in [4.69, 9.17) is 15.0 Å². The van der Waals surface area contributed by atoms with E-state index in [1.165, 1.54) is 0 Å². The van der Waals surface area contributed by atoms with Gasteiger partial charge in [-0.15, -0.1) is 0 Å². The first-order valence-corrected chi connectivity index (χ1v) is 5.71. The lowest BCUT2D eigenvalue weighted by atomic mass is 10.1. The molecule has 1 atom stereocenters. The van der Waals surface area contributed by atoms with Crippen molar-refractivity contribution in [2.75, 3.05) is 7.11 Å². The standard InChI is InChI=1S/C12H16N4O2/c1-7(2)12-15-11(16-18-12)10(13)8-4-5-9(17-3)14-6-8/h4-7,10H,13H2,1-3H3. The lowest BCUT2D eigenvalue weighted by Gasteiger charge is -2.07. The van der Waals surface area contributed by atoms with E-state index in [-0.39, 0.29) is 5.92 Å². The Morgan fingerprint density at radius 2 is 2.11 bits per heavy atom. The predicted molar refractivity (Wildman–Crippen MR) is 65.2 cm³/mol. The maximum absolute atomic E-state index is 6.06. The highest BCUT2D eigenvalue weighted by Gasteiger charge is 2.17. The number of methoxy groups -OCH3 is 1. The molecule has 0 fully saturated rings. The van der Waals surface area contributed by atoms with Crippen LogP contribution < -0.4 is 10.5 Å². The molecule has 0 aliphatic carbocycles. The van der Waals surface area contributed by atoms with Crippen molar-refractivity contribution in [2.24, 2.45) is 5.73 Å². The Morgan fingerprint density at radius 3 is 2.61 bits per heavy atom. The Morgan fingerprint density at radius 1 is 1.33 bits per heavy atom. The fourth-order valence-electron chi connectivity index (χ4n) is 1.45. The molecule has 0 aliphatic rings. The zero-order valence-corrected chi connectivity index (χ0v) is 10.6. The number of ether oxygens (including phenoxy) is 1. The van der Waals surface area contributed by atoms with E-state index in [2.05, 4.69) is 15.1 Å². The largest absolute Gasteiger partial charge is 0.481 e. The number of hydrogen-bond acceptors (Lipinski definition) is 6.